The van der Waals surface area contributed by atoms with Crippen LogP contribution in [0, 0.1) is 24.6 Å². The van der Waals surface area contributed by atoms with Gasteiger partial charge in [-0.1, -0.05) is 17.7 Å². The molecule has 2 atom stereocenters. The largest absolute Gasteiger partial charge is 0.390 e. The van der Waals surface area contributed by atoms with Gasteiger partial charge in [0.15, 0.2) is 9.84 Å². The highest BCUT2D eigenvalue weighted by molar-refractivity contribution is 7.92. The normalized spacial score (nSPS) is 28.0. The van der Waals surface area contributed by atoms with Gasteiger partial charge in [-0.05, 0) is 80.8 Å². The topological polar surface area (TPSA) is 83.5 Å². The molecular formula is C22H23ClFNO4S. The van der Waals surface area contributed by atoms with Gasteiger partial charge in [-0.15, -0.1) is 0 Å². The molecule has 30 heavy (non-hydrogen) atoms. The molecule has 2 bridgehead atoms. The maximum absolute atomic E-state index is 13.7. The van der Waals surface area contributed by atoms with Crippen molar-refractivity contribution in [1.82, 2.24) is 0 Å². The summed E-state index contributed by atoms with van der Waals surface area (Å²) >= 11 is 6.20. The van der Waals surface area contributed by atoms with Gasteiger partial charge in [0.25, 0.3) is 5.91 Å². The number of rotatable bonds is 4. The Kier molecular flexibility index (Phi) is 5.19. The van der Waals surface area contributed by atoms with Crippen LogP contribution in [0.25, 0.3) is 0 Å². The van der Waals surface area contributed by atoms with Crippen LogP contribution in [0.3, 0.4) is 0 Å². The van der Waals surface area contributed by atoms with E-state index in [0.29, 0.717) is 18.4 Å². The van der Waals surface area contributed by atoms with Crippen molar-refractivity contribution >= 4 is 33.0 Å². The third-order valence-electron chi connectivity index (χ3n) is 6.69. The van der Waals surface area contributed by atoms with E-state index in [9.17, 15) is 22.7 Å². The van der Waals surface area contributed by atoms with E-state index in [2.05, 4.69) is 5.32 Å². The van der Waals surface area contributed by atoms with Gasteiger partial charge in [0.2, 0.25) is 0 Å². The molecule has 3 aliphatic carbocycles. The minimum atomic E-state index is -3.77. The highest BCUT2D eigenvalue weighted by Crippen LogP contribution is 2.55. The van der Waals surface area contributed by atoms with Gasteiger partial charge < -0.3 is 10.4 Å². The Balaban J connectivity index is 1.58. The molecule has 0 spiro atoms. The first-order valence-electron chi connectivity index (χ1n) is 9.83. The van der Waals surface area contributed by atoms with E-state index >= 15 is 0 Å². The number of fused-ring (bicyclic) bond motifs is 2. The third kappa shape index (κ3) is 3.53. The first-order chi connectivity index (χ1) is 14.0. The number of anilines is 1. The molecule has 0 radical (unpaired) electrons. The lowest BCUT2D eigenvalue weighted by molar-refractivity contribution is -0.162. The second-order valence-electron chi connectivity index (χ2n) is 8.56. The summed E-state index contributed by atoms with van der Waals surface area (Å²) in [5.41, 5.74) is 0.0438. The van der Waals surface area contributed by atoms with Gasteiger partial charge in [0, 0.05) is 11.3 Å². The van der Waals surface area contributed by atoms with E-state index < -0.39 is 32.4 Å². The summed E-state index contributed by atoms with van der Waals surface area (Å²) in [6.45, 7) is 3.38. The van der Waals surface area contributed by atoms with Crippen molar-refractivity contribution in [3.05, 3.63) is 58.4 Å². The number of aryl methyl sites for hydroxylation is 1. The van der Waals surface area contributed by atoms with Gasteiger partial charge in [-0.25, -0.2) is 12.8 Å². The fourth-order valence-electron chi connectivity index (χ4n) is 4.56. The van der Waals surface area contributed by atoms with Gasteiger partial charge in [0.1, 0.15) is 5.82 Å². The Morgan fingerprint density at radius 2 is 1.83 bits per heavy atom. The Morgan fingerprint density at radius 1 is 1.17 bits per heavy atom. The number of hydrogen-bond acceptors (Lipinski definition) is 4. The van der Waals surface area contributed by atoms with Crippen LogP contribution in [0.2, 0.25) is 5.02 Å². The summed E-state index contributed by atoms with van der Waals surface area (Å²) in [4.78, 5) is 12.5. The average Bonchev–Trinajstić information content (AvgIpc) is 2.70. The first-order valence-corrected chi connectivity index (χ1v) is 11.8. The molecule has 2 aromatic carbocycles. The molecule has 3 aliphatic rings. The van der Waals surface area contributed by atoms with Crippen molar-refractivity contribution in [3.8, 4) is 0 Å². The van der Waals surface area contributed by atoms with Gasteiger partial charge >= 0.3 is 0 Å². The number of benzene rings is 2. The Hall–Kier alpha value is -1.96. The van der Waals surface area contributed by atoms with E-state index in [0.717, 1.165) is 6.42 Å². The molecule has 1 amide bonds. The molecular weight excluding hydrogens is 429 g/mol. The van der Waals surface area contributed by atoms with Crippen molar-refractivity contribution < 1.29 is 22.7 Å². The molecule has 160 valence electrons. The third-order valence-corrected chi connectivity index (χ3v) is 9.34. The highest BCUT2D eigenvalue weighted by Gasteiger charge is 2.57. The molecule has 3 saturated carbocycles. The van der Waals surface area contributed by atoms with Gasteiger partial charge in [-0.3, -0.25) is 4.79 Å². The van der Waals surface area contributed by atoms with Gasteiger partial charge in [0.05, 0.1) is 20.8 Å². The molecule has 0 saturated heterocycles. The zero-order valence-corrected chi connectivity index (χ0v) is 18.2. The van der Waals surface area contributed by atoms with Crippen molar-refractivity contribution in [2.75, 3.05) is 5.32 Å². The molecule has 0 heterocycles. The second kappa shape index (κ2) is 7.32. The lowest BCUT2D eigenvalue weighted by Gasteiger charge is -2.56. The standard InChI is InChI=1S/C22H23ClFNO4S/c1-12-3-5-16(11-19(12)24)25-21(26)13-4-6-18(23)20(7-13)30(28,29)17-9-14-8-15(10-17)22(14,2)27/h3-7,11,14-15,17,27H,8-10H2,1-2H3,(H,25,26)/t14?,15?,17-,22-. The SMILES string of the molecule is Cc1ccc(NC(=O)c2ccc(Cl)c(S(=O)(=O)[C@H]3CC4CC(C3)[C@@]4(C)O)c2)cc1F. The molecule has 3 fully saturated rings. The average molecular weight is 452 g/mol. The molecule has 2 N–H and O–H groups in total. The van der Waals surface area contributed by atoms with E-state index in [-0.39, 0.29) is 33.0 Å². The number of aliphatic hydroxyl groups is 1. The zero-order valence-electron chi connectivity index (χ0n) is 16.7. The van der Waals surface area contributed by atoms with Crippen molar-refractivity contribution in [2.45, 2.75) is 48.9 Å². The summed E-state index contributed by atoms with van der Waals surface area (Å²) in [5.74, 6) is -1.09. The number of halogens is 2. The number of carbonyl (C=O) groups is 1. The maximum Gasteiger partial charge on any atom is 0.255 e. The fourth-order valence-corrected chi connectivity index (χ4v) is 6.97. The molecule has 2 unspecified atom stereocenters. The monoisotopic (exact) mass is 451 g/mol. The number of nitrogens with one attached hydrogen (secondary N) is 1. The molecule has 5 rings (SSSR count). The van der Waals surface area contributed by atoms with Crippen LogP contribution in [0.5, 0.6) is 0 Å². The van der Waals surface area contributed by atoms with Crippen molar-refractivity contribution in [1.29, 1.82) is 0 Å². The minimum absolute atomic E-state index is 0.0438. The van der Waals surface area contributed by atoms with Crippen LogP contribution >= 0.6 is 11.6 Å². The van der Waals surface area contributed by atoms with Crippen LogP contribution < -0.4 is 5.32 Å². The van der Waals surface area contributed by atoms with Crippen LogP contribution in [-0.4, -0.2) is 30.3 Å². The number of amides is 1. The lowest BCUT2D eigenvalue weighted by Crippen LogP contribution is -2.60. The second-order valence-corrected chi connectivity index (χ2v) is 11.2. The predicted octanol–water partition coefficient (Wildman–Crippen LogP) is 4.36. The first kappa shape index (κ1) is 21.3. The van der Waals surface area contributed by atoms with Crippen LogP contribution in [0.1, 0.15) is 42.1 Å². The summed E-state index contributed by atoms with van der Waals surface area (Å²) in [7, 11) is -3.77. The molecule has 0 aromatic heterocycles. The van der Waals surface area contributed by atoms with Crippen LogP contribution in [0.4, 0.5) is 10.1 Å². The Bertz CT molecular complexity index is 1120. The summed E-state index contributed by atoms with van der Waals surface area (Å²) in [6.07, 6.45) is 1.59. The fraction of sp³-hybridized carbons (Fsp3) is 0.409. The number of hydrogen-bond donors (Lipinski definition) is 2. The molecule has 2 aromatic rings. The zero-order chi connectivity index (χ0) is 21.8. The molecule has 5 nitrogen and oxygen atoms in total. The smallest absolute Gasteiger partial charge is 0.255 e. The summed E-state index contributed by atoms with van der Waals surface area (Å²) < 4.78 is 40.2. The summed E-state index contributed by atoms with van der Waals surface area (Å²) in [5, 5.41) is 12.4. The highest BCUT2D eigenvalue weighted by atomic mass is 35.5. The lowest BCUT2D eigenvalue weighted by atomic mass is 9.54. The molecule has 8 heteroatoms. The quantitative estimate of drug-likeness (QED) is 0.723. The van der Waals surface area contributed by atoms with E-state index in [1.54, 1.807) is 26.0 Å². The van der Waals surface area contributed by atoms with E-state index in [4.69, 9.17) is 11.6 Å². The van der Waals surface area contributed by atoms with Gasteiger partial charge in [-0.2, -0.15) is 0 Å². The van der Waals surface area contributed by atoms with E-state index in [1.165, 1.54) is 24.3 Å². The van der Waals surface area contributed by atoms with Crippen molar-refractivity contribution in [2.24, 2.45) is 11.8 Å². The Morgan fingerprint density at radius 3 is 2.43 bits per heavy atom. The molecule has 0 aliphatic heterocycles. The van der Waals surface area contributed by atoms with Crippen LogP contribution in [-0.2, 0) is 9.84 Å². The Labute approximate surface area is 180 Å². The van der Waals surface area contributed by atoms with Crippen LogP contribution in [0.15, 0.2) is 41.3 Å². The summed E-state index contributed by atoms with van der Waals surface area (Å²) in [6, 6.07) is 8.43. The minimum Gasteiger partial charge on any atom is -0.390 e. The number of sulfone groups is 1. The van der Waals surface area contributed by atoms with Crippen molar-refractivity contribution in [3.63, 3.8) is 0 Å². The maximum atomic E-state index is 13.7. The number of carbonyl (C=O) groups excluding carboxylic acids is 1. The van der Waals surface area contributed by atoms with E-state index in [1.807, 2.05) is 0 Å². The predicted molar refractivity (Wildman–Crippen MR) is 113 cm³/mol.